The fraction of sp³-hybridized carbons (Fsp3) is 0.167. The minimum absolute atomic E-state index is 0.585. The first kappa shape index (κ1) is 15.0. The van der Waals surface area contributed by atoms with Crippen LogP contribution in [0.5, 0.6) is 5.75 Å². The highest BCUT2D eigenvalue weighted by molar-refractivity contribution is 5.58. The topological polar surface area (TPSA) is 51.1 Å². The average molecular weight is 306 g/mol. The third kappa shape index (κ3) is 3.45. The Morgan fingerprint density at radius 3 is 2.48 bits per heavy atom. The number of ether oxygens (including phenoxy) is 1. The number of aromatic nitrogens is 3. The molecule has 0 unspecified atom stereocenters. The van der Waals surface area contributed by atoms with Crippen molar-refractivity contribution < 1.29 is 4.74 Å². The molecule has 0 atom stereocenters. The molecule has 116 valence electrons. The molecule has 0 saturated carbocycles. The summed E-state index contributed by atoms with van der Waals surface area (Å²) >= 11 is 0. The van der Waals surface area contributed by atoms with Gasteiger partial charge in [-0.25, -0.2) is 9.97 Å². The molecular weight excluding hydrogens is 288 g/mol. The van der Waals surface area contributed by atoms with Crippen LogP contribution in [0.3, 0.4) is 0 Å². The van der Waals surface area contributed by atoms with E-state index in [4.69, 9.17) is 4.74 Å². The molecule has 0 radical (unpaired) electrons. The van der Waals surface area contributed by atoms with E-state index in [1.165, 1.54) is 5.56 Å². The number of rotatable bonds is 5. The average Bonchev–Trinajstić information content (AvgIpc) is 2.62. The summed E-state index contributed by atoms with van der Waals surface area (Å²) in [6.45, 7) is 0.732. The van der Waals surface area contributed by atoms with E-state index in [0.717, 1.165) is 18.1 Å². The molecule has 0 aliphatic carbocycles. The van der Waals surface area contributed by atoms with Gasteiger partial charge in [-0.1, -0.05) is 36.4 Å². The van der Waals surface area contributed by atoms with Gasteiger partial charge < -0.3 is 9.64 Å². The van der Waals surface area contributed by atoms with Crippen LogP contribution in [0, 0.1) is 0 Å². The second-order valence-corrected chi connectivity index (χ2v) is 5.14. The summed E-state index contributed by atoms with van der Waals surface area (Å²) in [7, 11) is 3.61. The highest BCUT2D eigenvalue weighted by atomic mass is 16.5. The SMILES string of the molecule is COc1cnc(-c2ccccn2)nc1N(C)Cc1ccccc1. The number of methoxy groups -OCH3 is 1. The van der Waals surface area contributed by atoms with Crippen LogP contribution in [0.15, 0.2) is 60.9 Å². The molecule has 0 aliphatic heterocycles. The van der Waals surface area contributed by atoms with Gasteiger partial charge in [0.25, 0.3) is 0 Å². The molecule has 5 heteroatoms. The van der Waals surface area contributed by atoms with Crippen molar-refractivity contribution in [2.75, 3.05) is 19.1 Å². The quantitative estimate of drug-likeness (QED) is 0.724. The molecular formula is C18H18N4O. The Morgan fingerprint density at radius 2 is 1.78 bits per heavy atom. The smallest absolute Gasteiger partial charge is 0.180 e. The Morgan fingerprint density at radius 1 is 1.00 bits per heavy atom. The van der Waals surface area contributed by atoms with Crippen molar-refractivity contribution in [3.8, 4) is 17.3 Å². The van der Waals surface area contributed by atoms with Crippen molar-refractivity contribution >= 4 is 5.82 Å². The summed E-state index contributed by atoms with van der Waals surface area (Å²) in [4.78, 5) is 15.3. The van der Waals surface area contributed by atoms with Gasteiger partial charge in [0.15, 0.2) is 17.4 Å². The maximum atomic E-state index is 5.41. The molecule has 0 aliphatic rings. The van der Waals surface area contributed by atoms with Crippen LogP contribution in [0.4, 0.5) is 5.82 Å². The summed E-state index contributed by atoms with van der Waals surface area (Å²) in [5, 5.41) is 0. The molecule has 0 bridgehead atoms. The van der Waals surface area contributed by atoms with Gasteiger partial charge in [0, 0.05) is 19.8 Å². The summed E-state index contributed by atoms with van der Waals surface area (Å²) in [6, 6.07) is 15.9. The molecule has 1 aromatic carbocycles. The van der Waals surface area contributed by atoms with Crippen molar-refractivity contribution in [3.05, 3.63) is 66.5 Å². The molecule has 23 heavy (non-hydrogen) atoms. The standard InChI is InChI=1S/C18H18N4O/c1-22(13-14-8-4-3-5-9-14)18-16(23-2)12-20-17(21-18)15-10-6-7-11-19-15/h3-12H,13H2,1-2H3. The van der Waals surface area contributed by atoms with Gasteiger partial charge in [-0.15, -0.1) is 0 Å². The van der Waals surface area contributed by atoms with Crippen LogP contribution >= 0.6 is 0 Å². The Labute approximate surface area is 135 Å². The number of nitrogens with zero attached hydrogens (tertiary/aromatic N) is 4. The molecule has 3 rings (SSSR count). The van der Waals surface area contributed by atoms with E-state index in [0.29, 0.717) is 11.6 Å². The largest absolute Gasteiger partial charge is 0.491 e. The maximum absolute atomic E-state index is 5.41. The molecule has 5 nitrogen and oxygen atoms in total. The number of hydrogen-bond donors (Lipinski definition) is 0. The van der Waals surface area contributed by atoms with Crippen LogP contribution < -0.4 is 9.64 Å². The number of anilines is 1. The van der Waals surface area contributed by atoms with Gasteiger partial charge >= 0.3 is 0 Å². The van der Waals surface area contributed by atoms with Gasteiger partial charge in [-0.3, -0.25) is 4.98 Å². The maximum Gasteiger partial charge on any atom is 0.180 e. The van der Waals surface area contributed by atoms with E-state index in [-0.39, 0.29) is 0 Å². The predicted molar refractivity (Wildman–Crippen MR) is 90.4 cm³/mol. The van der Waals surface area contributed by atoms with Gasteiger partial charge in [-0.2, -0.15) is 0 Å². The van der Waals surface area contributed by atoms with Gasteiger partial charge in [-0.05, 0) is 17.7 Å². The van der Waals surface area contributed by atoms with Crippen LogP contribution in [-0.4, -0.2) is 29.1 Å². The zero-order valence-corrected chi connectivity index (χ0v) is 13.2. The van der Waals surface area contributed by atoms with Crippen molar-refractivity contribution in [2.24, 2.45) is 0 Å². The van der Waals surface area contributed by atoms with Crippen LogP contribution in [0.1, 0.15) is 5.56 Å². The Kier molecular flexibility index (Phi) is 4.47. The first-order valence-corrected chi connectivity index (χ1v) is 7.35. The van der Waals surface area contributed by atoms with E-state index in [1.807, 2.05) is 48.3 Å². The van der Waals surface area contributed by atoms with Gasteiger partial charge in [0.2, 0.25) is 0 Å². The van der Waals surface area contributed by atoms with E-state index in [9.17, 15) is 0 Å². The number of pyridine rings is 1. The first-order valence-electron chi connectivity index (χ1n) is 7.35. The van der Waals surface area contributed by atoms with E-state index >= 15 is 0 Å². The number of benzene rings is 1. The summed E-state index contributed by atoms with van der Waals surface area (Å²) < 4.78 is 5.41. The molecule has 2 aromatic heterocycles. The lowest BCUT2D eigenvalue weighted by molar-refractivity contribution is 0.411. The molecule has 0 N–H and O–H groups in total. The van der Waals surface area contributed by atoms with Crippen molar-refractivity contribution in [3.63, 3.8) is 0 Å². The molecule has 3 aromatic rings. The second kappa shape index (κ2) is 6.87. The zero-order valence-electron chi connectivity index (χ0n) is 13.2. The fourth-order valence-corrected chi connectivity index (χ4v) is 2.33. The minimum atomic E-state index is 0.585. The first-order chi connectivity index (χ1) is 11.3. The van der Waals surface area contributed by atoms with E-state index in [1.54, 1.807) is 19.5 Å². The summed E-state index contributed by atoms with van der Waals surface area (Å²) in [5.74, 6) is 1.97. The fourth-order valence-electron chi connectivity index (χ4n) is 2.33. The highest BCUT2D eigenvalue weighted by Crippen LogP contribution is 2.27. The van der Waals surface area contributed by atoms with E-state index in [2.05, 4.69) is 27.1 Å². The monoisotopic (exact) mass is 306 g/mol. The van der Waals surface area contributed by atoms with Crippen LogP contribution in [0.2, 0.25) is 0 Å². The third-order valence-corrected chi connectivity index (χ3v) is 3.47. The molecule has 0 amide bonds. The van der Waals surface area contributed by atoms with Crippen molar-refractivity contribution in [1.29, 1.82) is 0 Å². The van der Waals surface area contributed by atoms with Crippen molar-refractivity contribution in [2.45, 2.75) is 6.54 Å². The zero-order chi connectivity index (χ0) is 16.1. The molecule has 0 saturated heterocycles. The minimum Gasteiger partial charge on any atom is -0.491 e. The lowest BCUT2D eigenvalue weighted by Gasteiger charge is -2.20. The Balaban J connectivity index is 1.93. The van der Waals surface area contributed by atoms with Gasteiger partial charge in [0.1, 0.15) is 5.69 Å². The third-order valence-electron chi connectivity index (χ3n) is 3.47. The Bertz CT molecular complexity index is 762. The number of hydrogen-bond acceptors (Lipinski definition) is 5. The van der Waals surface area contributed by atoms with Gasteiger partial charge in [0.05, 0.1) is 13.3 Å². The summed E-state index contributed by atoms with van der Waals surface area (Å²) in [5.41, 5.74) is 1.94. The molecule has 0 fully saturated rings. The van der Waals surface area contributed by atoms with Crippen LogP contribution in [-0.2, 0) is 6.54 Å². The molecule has 0 spiro atoms. The van der Waals surface area contributed by atoms with Crippen LogP contribution in [0.25, 0.3) is 11.5 Å². The Hall–Kier alpha value is -2.95. The van der Waals surface area contributed by atoms with Crippen molar-refractivity contribution in [1.82, 2.24) is 15.0 Å². The van der Waals surface area contributed by atoms with E-state index < -0.39 is 0 Å². The second-order valence-electron chi connectivity index (χ2n) is 5.14. The normalized spacial score (nSPS) is 10.3. The highest BCUT2D eigenvalue weighted by Gasteiger charge is 2.14. The lowest BCUT2D eigenvalue weighted by atomic mass is 10.2. The lowest BCUT2D eigenvalue weighted by Crippen LogP contribution is -2.19. The summed E-state index contributed by atoms with van der Waals surface area (Å²) in [6.07, 6.45) is 3.42. The molecule has 2 heterocycles. The predicted octanol–water partition coefficient (Wildman–Crippen LogP) is 3.18.